The van der Waals surface area contributed by atoms with E-state index in [-0.39, 0.29) is 12.3 Å². The lowest BCUT2D eigenvalue weighted by Crippen LogP contribution is -2.56. The van der Waals surface area contributed by atoms with E-state index in [9.17, 15) is 14.7 Å². The Balaban J connectivity index is 1.61. The van der Waals surface area contributed by atoms with Crippen LogP contribution in [0, 0.1) is 5.92 Å². The number of carbonyl (C=O) groups excluding carboxylic acids is 1. The number of piperidine rings is 1. The second-order valence-corrected chi connectivity index (χ2v) is 6.73. The van der Waals surface area contributed by atoms with E-state index in [0.29, 0.717) is 0 Å². The van der Waals surface area contributed by atoms with E-state index in [4.69, 9.17) is 0 Å². The maximum absolute atomic E-state index is 12.0. The van der Waals surface area contributed by atoms with Gasteiger partial charge in [-0.15, -0.1) is 0 Å². The average molecular weight is 316 g/mol. The molecule has 1 aromatic rings. The van der Waals surface area contributed by atoms with Gasteiger partial charge in [-0.05, 0) is 24.8 Å². The van der Waals surface area contributed by atoms with Gasteiger partial charge in [-0.3, -0.25) is 9.59 Å². The van der Waals surface area contributed by atoms with Gasteiger partial charge in [0.15, 0.2) is 0 Å². The molecule has 1 aromatic carbocycles. The van der Waals surface area contributed by atoms with Gasteiger partial charge in [-0.2, -0.15) is 0 Å². The molecule has 1 atom stereocenters. The van der Waals surface area contributed by atoms with Crippen molar-refractivity contribution >= 4 is 11.9 Å². The molecule has 0 unspecified atom stereocenters. The Hall–Kier alpha value is -1.88. The number of likely N-dealkylation sites (tertiary alicyclic amines) is 2. The highest BCUT2D eigenvalue weighted by molar-refractivity contribution is 5.88. The van der Waals surface area contributed by atoms with Crippen LogP contribution >= 0.6 is 0 Å². The quantitative estimate of drug-likeness (QED) is 0.917. The first kappa shape index (κ1) is 16.0. The minimum atomic E-state index is -0.833. The molecule has 2 heterocycles. The smallest absolute Gasteiger partial charge is 0.309 e. The molecular weight excluding hydrogens is 292 g/mol. The van der Waals surface area contributed by atoms with Crippen molar-refractivity contribution in [2.45, 2.75) is 31.2 Å². The molecule has 0 aromatic heterocycles. The minimum Gasteiger partial charge on any atom is -0.481 e. The molecule has 124 valence electrons. The van der Waals surface area contributed by atoms with Crippen molar-refractivity contribution in [3.05, 3.63) is 35.9 Å². The molecule has 1 amide bonds. The summed E-state index contributed by atoms with van der Waals surface area (Å²) in [5.74, 6) is -1.42. The number of amides is 1. The van der Waals surface area contributed by atoms with E-state index >= 15 is 0 Å². The Morgan fingerprint density at radius 1 is 1.26 bits per heavy atom. The molecule has 5 heteroatoms. The van der Waals surface area contributed by atoms with Crippen molar-refractivity contribution in [1.82, 2.24) is 9.80 Å². The van der Waals surface area contributed by atoms with Crippen LogP contribution in [0.5, 0.6) is 0 Å². The SMILES string of the molecule is CN1C(=O)C[C@@H](C(=O)O)C12CCN(CCc1ccccc1)CC2. The van der Waals surface area contributed by atoms with Crippen LogP contribution in [0.3, 0.4) is 0 Å². The lowest BCUT2D eigenvalue weighted by Gasteiger charge is -2.45. The van der Waals surface area contributed by atoms with Gasteiger partial charge >= 0.3 is 5.97 Å². The molecule has 23 heavy (non-hydrogen) atoms. The summed E-state index contributed by atoms with van der Waals surface area (Å²) in [6, 6.07) is 10.4. The van der Waals surface area contributed by atoms with Gasteiger partial charge in [-0.1, -0.05) is 30.3 Å². The van der Waals surface area contributed by atoms with Crippen LogP contribution in [0.4, 0.5) is 0 Å². The van der Waals surface area contributed by atoms with Crippen LogP contribution in [0.1, 0.15) is 24.8 Å². The number of carboxylic acid groups (broad SMARTS) is 1. The van der Waals surface area contributed by atoms with Gasteiger partial charge in [0.1, 0.15) is 0 Å². The standard InChI is InChI=1S/C18H24N2O3/c1-19-16(21)13-15(17(22)23)18(19)8-11-20(12-9-18)10-7-14-5-3-2-4-6-14/h2-6,15H,7-13H2,1H3,(H,22,23)/t15-/m0/s1. The summed E-state index contributed by atoms with van der Waals surface area (Å²) in [6.45, 7) is 2.69. The molecule has 2 aliphatic heterocycles. The van der Waals surface area contributed by atoms with Gasteiger partial charge in [0, 0.05) is 33.1 Å². The fraction of sp³-hybridized carbons (Fsp3) is 0.556. The summed E-state index contributed by atoms with van der Waals surface area (Å²) in [5.41, 5.74) is 0.843. The van der Waals surface area contributed by atoms with Gasteiger partial charge in [-0.25, -0.2) is 0 Å². The molecule has 0 aliphatic carbocycles. The predicted molar refractivity (Wildman–Crippen MR) is 87.1 cm³/mol. The summed E-state index contributed by atoms with van der Waals surface area (Å²) >= 11 is 0. The molecular formula is C18H24N2O3. The van der Waals surface area contributed by atoms with Crippen molar-refractivity contribution < 1.29 is 14.7 Å². The average Bonchev–Trinajstić information content (AvgIpc) is 2.81. The van der Waals surface area contributed by atoms with Crippen LogP contribution < -0.4 is 0 Å². The van der Waals surface area contributed by atoms with E-state index < -0.39 is 17.4 Å². The Labute approximate surface area is 136 Å². The van der Waals surface area contributed by atoms with Gasteiger partial charge in [0.2, 0.25) is 5.91 Å². The van der Waals surface area contributed by atoms with Gasteiger partial charge in [0.05, 0.1) is 11.5 Å². The summed E-state index contributed by atoms with van der Waals surface area (Å²) in [7, 11) is 1.77. The fourth-order valence-corrected chi connectivity index (χ4v) is 4.08. The van der Waals surface area contributed by atoms with E-state index in [1.807, 2.05) is 6.07 Å². The van der Waals surface area contributed by atoms with Crippen LogP contribution in [-0.2, 0) is 16.0 Å². The highest BCUT2D eigenvalue weighted by atomic mass is 16.4. The first-order valence-corrected chi connectivity index (χ1v) is 8.29. The summed E-state index contributed by atoms with van der Waals surface area (Å²) in [6.07, 6.45) is 2.66. The van der Waals surface area contributed by atoms with Crippen molar-refractivity contribution in [2.24, 2.45) is 5.92 Å². The van der Waals surface area contributed by atoms with Crippen molar-refractivity contribution in [3.63, 3.8) is 0 Å². The zero-order valence-corrected chi connectivity index (χ0v) is 13.6. The largest absolute Gasteiger partial charge is 0.481 e. The predicted octanol–water partition coefficient (Wildman–Crippen LogP) is 1.63. The maximum Gasteiger partial charge on any atom is 0.309 e. The van der Waals surface area contributed by atoms with E-state index in [0.717, 1.165) is 38.9 Å². The van der Waals surface area contributed by atoms with Crippen LogP contribution in [0.15, 0.2) is 30.3 Å². The van der Waals surface area contributed by atoms with Gasteiger partial charge in [0.25, 0.3) is 0 Å². The topological polar surface area (TPSA) is 60.9 Å². The molecule has 5 nitrogen and oxygen atoms in total. The lowest BCUT2D eigenvalue weighted by molar-refractivity contribution is -0.146. The van der Waals surface area contributed by atoms with Crippen molar-refractivity contribution in [3.8, 4) is 0 Å². The number of rotatable bonds is 4. The monoisotopic (exact) mass is 316 g/mol. The Morgan fingerprint density at radius 3 is 2.52 bits per heavy atom. The molecule has 0 bridgehead atoms. The molecule has 0 radical (unpaired) electrons. The van der Waals surface area contributed by atoms with E-state index in [2.05, 4.69) is 29.2 Å². The summed E-state index contributed by atoms with van der Waals surface area (Å²) in [4.78, 5) is 27.7. The van der Waals surface area contributed by atoms with Crippen LogP contribution in [-0.4, -0.2) is 59.0 Å². The third-order valence-corrected chi connectivity index (χ3v) is 5.65. The number of carboxylic acids is 1. The molecule has 2 saturated heterocycles. The molecule has 1 N–H and O–H groups in total. The number of hydrogen-bond donors (Lipinski definition) is 1. The Kier molecular flexibility index (Phi) is 4.39. The first-order chi connectivity index (χ1) is 11.0. The molecule has 2 aliphatic rings. The second kappa shape index (κ2) is 6.32. The highest BCUT2D eigenvalue weighted by Crippen LogP contribution is 2.42. The number of hydrogen-bond acceptors (Lipinski definition) is 3. The summed E-state index contributed by atoms with van der Waals surface area (Å²) < 4.78 is 0. The second-order valence-electron chi connectivity index (χ2n) is 6.73. The van der Waals surface area contributed by atoms with E-state index in [1.54, 1.807) is 11.9 Å². The number of benzene rings is 1. The maximum atomic E-state index is 12.0. The van der Waals surface area contributed by atoms with Crippen molar-refractivity contribution in [1.29, 1.82) is 0 Å². The Morgan fingerprint density at radius 2 is 1.91 bits per heavy atom. The number of aliphatic carboxylic acids is 1. The first-order valence-electron chi connectivity index (χ1n) is 8.29. The van der Waals surface area contributed by atoms with Crippen molar-refractivity contribution in [2.75, 3.05) is 26.7 Å². The fourth-order valence-electron chi connectivity index (χ4n) is 4.08. The molecule has 2 fully saturated rings. The Bertz CT molecular complexity index is 579. The molecule has 0 saturated carbocycles. The van der Waals surface area contributed by atoms with Gasteiger partial charge < -0.3 is 14.9 Å². The zero-order chi connectivity index (χ0) is 16.4. The summed E-state index contributed by atoms with van der Waals surface area (Å²) in [5, 5.41) is 9.49. The zero-order valence-electron chi connectivity index (χ0n) is 13.6. The molecule has 1 spiro atoms. The normalized spacial score (nSPS) is 24.3. The van der Waals surface area contributed by atoms with E-state index in [1.165, 1.54) is 5.56 Å². The minimum absolute atomic E-state index is 0.0323. The number of nitrogens with zero attached hydrogens (tertiary/aromatic N) is 2. The third kappa shape index (κ3) is 2.98. The highest BCUT2D eigenvalue weighted by Gasteiger charge is 2.55. The van der Waals surface area contributed by atoms with Crippen LogP contribution in [0.25, 0.3) is 0 Å². The third-order valence-electron chi connectivity index (χ3n) is 5.65. The number of carbonyl (C=O) groups is 2. The lowest BCUT2D eigenvalue weighted by atomic mass is 9.77. The van der Waals surface area contributed by atoms with Crippen LogP contribution in [0.2, 0.25) is 0 Å². The molecule has 3 rings (SSSR count).